The number of hydrogen-bond donors (Lipinski definition) is 3. The molecule has 2 aromatic carbocycles. The first kappa shape index (κ1) is 24.7. The number of rotatable bonds is 9. The molecule has 0 aliphatic carbocycles. The van der Waals surface area contributed by atoms with E-state index in [-0.39, 0.29) is 12.5 Å². The molecule has 0 atom stereocenters. The van der Waals surface area contributed by atoms with Crippen molar-refractivity contribution in [3.05, 3.63) is 72.6 Å². The molecule has 5 rings (SSSR count). The Morgan fingerprint density at radius 1 is 1.08 bits per heavy atom. The summed E-state index contributed by atoms with van der Waals surface area (Å²) in [5.74, 6) is 1.13. The number of anilines is 4. The molecule has 1 aliphatic heterocycles. The van der Waals surface area contributed by atoms with Gasteiger partial charge in [0, 0.05) is 55.9 Å². The average molecular weight is 517 g/mol. The van der Waals surface area contributed by atoms with Crippen LogP contribution in [0.1, 0.15) is 0 Å². The monoisotopic (exact) mass is 516 g/mol. The van der Waals surface area contributed by atoms with Gasteiger partial charge in [-0.1, -0.05) is 12.6 Å². The summed E-state index contributed by atoms with van der Waals surface area (Å²) < 4.78 is 6.96. The lowest BCUT2D eigenvalue weighted by atomic mass is 10.2. The molecule has 3 heterocycles. The summed E-state index contributed by atoms with van der Waals surface area (Å²) in [6.07, 6.45) is 1.22. The molecular formula is C27H28N6O3S. The molecule has 9 nitrogen and oxygen atoms in total. The molecule has 37 heavy (non-hydrogen) atoms. The van der Waals surface area contributed by atoms with Crippen LogP contribution >= 0.6 is 11.3 Å². The highest BCUT2D eigenvalue weighted by Crippen LogP contribution is 2.34. The van der Waals surface area contributed by atoms with Gasteiger partial charge in [-0.05, 0) is 53.9 Å². The van der Waals surface area contributed by atoms with Gasteiger partial charge in [0.25, 0.3) is 0 Å². The second kappa shape index (κ2) is 11.4. The Morgan fingerprint density at radius 3 is 2.65 bits per heavy atom. The van der Waals surface area contributed by atoms with Crippen molar-refractivity contribution in [1.29, 1.82) is 0 Å². The van der Waals surface area contributed by atoms with Crippen LogP contribution in [0.5, 0.6) is 11.6 Å². The van der Waals surface area contributed by atoms with Crippen molar-refractivity contribution in [3.63, 3.8) is 0 Å². The Morgan fingerprint density at radius 2 is 1.89 bits per heavy atom. The Kier molecular flexibility index (Phi) is 7.59. The highest BCUT2D eigenvalue weighted by atomic mass is 32.1. The number of nitrogens with zero attached hydrogens (tertiary/aromatic N) is 4. The van der Waals surface area contributed by atoms with E-state index in [0.29, 0.717) is 23.3 Å². The van der Waals surface area contributed by atoms with Crippen molar-refractivity contribution in [2.24, 2.45) is 0 Å². The first-order chi connectivity index (χ1) is 18.1. The van der Waals surface area contributed by atoms with Gasteiger partial charge in [0.1, 0.15) is 10.4 Å². The molecule has 1 fully saturated rings. The molecule has 0 bridgehead atoms. The summed E-state index contributed by atoms with van der Waals surface area (Å²) in [4.78, 5) is 25.6. The molecule has 4 aromatic rings. The molecule has 0 spiro atoms. The number of piperazine rings is 1. The number of benzene rings is 2. The van der Waals surface area contributed by atoms with Gasteiger partial charge in [-0.3, -0.25) is 9.69 Å². The zero-order valence-electron chi connectivity index (χ0n) is 20.3. The van der Waals surface area contributed by atoms with E-state index >= 15 is 0 Å². The second-order valence-electron chi connectivity index (χ2n) is 8.53. The van der Waals surface area contributed by atoms with E-state index in [1.165, 1.54) is 17.4 Å². The SMILES string of the molecule is C=CC(=O)Nc1cccc(Oc2nc(Nc3ccc(N4CCN(CCO)CC4)cc3)nc3ccsc23)c1. The van der Waals surface area contributed by atoms with Gasteiger partial charge in [-0.15, -0.1) is 11.3 Å². The fourth-order valence-corrected chi connectivity index (χ4v) is 4.92. The second-order valence-corrected chi connectivity index (χ2v) is 9.45. The van der Waals surface area contributed by atoms with Gasteiger partial charge in [-0.25, -0.2) is 4.98 Å². The molecule has 0 radical (unpaired) electrons. The summed E-state index contributed by atoms with van der Waals surface area (Å²) in [5.41, 5.74) is 3.42. The van der Waals surface area contributed by atoms with Crippen molar-refractivity contribution in [2.45, 2.75) is 0 Å². The lowest BCUT2D eigenvalue weighted by Crippen LogP contribution is -2.47. The minimum Gasteiger partial charge on any atom is -0.437 e. The Hall–Kier alpha value is -3.99. The summed E-state index contributed by atoms with van der Waals surface area (Å²) in [7, 11) is 0. The number of hydrogen-bond acceptors (Lipinski definition) is 9. The number of carbonyl (C=O) groups excluding carboxylic acids is 1. The van der Waals surface area contributed by atoms with E-state index in [2.05, 4.69) is 49.1 Å². The van der Waals surface area contributed by atoms with Crippen molar-refractivity contribution >= 4 is 50.5 Å². The van der Waals surface area contributed by atoms with E-state index in [9.17, 15) is 4.79 Å². The third kappa shape index (κ3) is 6.05. The highest BCUT2D eigenvalue weighted by Gasteiger charge is 2.17. The quantitative estimate of drug-likeness (QED) is 0.280. The number of thiophene rings is 1. The number of aromatic nitrogens is 2. The molecule has 0 unspecified atom stereocenters. The molecule has 1 saturated heterocycles. The maximum Gasteiger partial charge on any atom is 0.247 e. The Balaban J connectivity index is 1.30. The van der Waals surface area contributed by atoms with Gasteiger partial charge in [0.05, 0.1) is 12.1 Å². The van der Waals surface area contributed by atoms with Gasteiger partial charge in [0.2, 0.25) is 17.7 Å². The van der Waals surface area contributed by atoms with E-state index in [1.54, 1.807) is 24.3 Å². The third-order valence-corrected chi connectivity index (χ3v) is 6.94. The van der Waals surface area contributed by atoms with Gasteiger partial charge in [0.15, 0.2) is 0 Å². The number of nitrogens with one attached hydrogen (secondary N) is 2. The van der Waals surface area contributed by atoms with Crippen LogP contribution in [0.25, 0.3) is 10.2 Å². The van der Waals surface area contributed by atoms with Crippen LogP contribution in [0.15, 0.2) is 72.6 Å². The number of carbonyl (C=O) groups is 1. The van der Waals surface area contributed by atoms with Gasteiger partial charge in [-0.2, -0.15) is 4.98 Å². The molecule has 1 amide bonds. The van der Waals surface area contributed by atoms with Crippen LogP contribution in [0.4, 0.5) is 23.0 Å². The van der Waals surface area contributed by atoms with Crippen LogP contribution in [0, 0.1) is 0 Å². The van der Waals surface area contributed by atoms with Gasteiger partial charge < -0.3 is 25.4 Å². The van der Waals surface area contributed by atoms with Crippen molar-refractivity contribution in [3.8, 4) is 11.6 Å². The van der Waals surface area contributed by atoms with Crippen LogP contribution in [-0.2, 0) is 4.79 Å². The topological polar surface area (TPSA) is 103 Å². The lowest BCUT2D eigenvalue weighted by Gasteiger charge is -2.35. The summed E-state index contributed by atoms with van der Waals surface area (Å²) in [5, 5.41) is 17.1. The van der Waals surface area contributed by atoms with Crippen LogP contribution in [0.3, 0.4) is 0 Å². The molecule has 0 saturated carbocycles. The number of amides is 1. The lowest BCUT2D eigenvalue weighted by molar-refractivity contribution is -0.111. The number of fused-ring (bicyclic) bond motifs is 1. The predicted molar refractivity (Wildman–Crippen MR) is 148 cm³/mol. The predicted octanol–water partition coefficient (Wildman–Crippen LogP) is 4.47. The fourth-order valence-electron chi connectivity index (χ4n) is 4.16. The minimum absolute atomic E-state index is 0.201. The van der Waals surface area contributed by atoms with E-state index < -0.39 is 0 Å². The number of ether oxygens (including phenoxy) is 1. The molecule has 190 valence electrons. The normalized spacial score (nSPS) is 13.9. The van der Waals surface area contributed by atoms with E-state index in [0.717, 1.165) is 54.3 Å². The van der Waals surface area contributed by atoms with Crippen LogP contribution in [-0.4, -0.2) is 65.2 Å². The average Bonchev–Trinajstić information content (AvgIpc) is 3.39. The standard InChI is InChI=1S/C27H28N6O3S/c1-2-24(35)28-20-4-3-5-22(18-20)36-26-25-23(10-17-37-25)30-27(31-26)29-19-6-8-21(9-7-19)33-13-11-32(12-14-33)15-16-34/h2-10,17-18,34H,1,11-16H2,(H,28,35)(H,29,30,31). The number of aliphatic hydroxyl groups excluding tert-OH is 1. The minimum atomic E-state index is -0.290. The first-order valence-electron chi connectivity index (χ1n) is 12.0. The number of β-amino-alcohol motifs (C(OH)–C–C–N with tert-alkyl or cyclic N) is 1. The van der Waals surface area contributed by atoms with E-state index in [4.69, 9.17) is 9.84 Å². The fraction of sp³-hybridized carbons (Fsp3) is 0.222. The van der Waals surface area contributed by atoms with Crippen LogP contribution < -0.4 is 20.3 Å². The summed E-state index contributed by atoms with van der Waals surface area (Å²) in [6.45, 7) is 8.17. The molecule has 10 heteroatoms. The maximum absolute atomic E-state index is 11.6. The molecule has 1 aliphatic rings. The molecule has 2 aromatic heterocycles. The number of aliphatic hydroxyl groups is 1. The van der Waals surface area contributed by atoms with Crippen molar-refractivity contribution < 1.29 is 14.6 Å². The Bertz CT molecular complexity index is 1380. The zero-order valence-corrected chi connectivity index (χ0v) is 21.1. The van der Waals surface area contributed by atoms with E-state index in [1.807, 2.05) is 23.6 Å². The van der Waals surface area contributed by atoms with Gasteiger partial charge >= 0.3 is 0 Å². The zero-order chi connectivity index (χ0) is 25.6. The van der Waals surface area contributed by atoms with Crippen molar-refractivity contribution in [2.75, 3.05) is 54.9 Å². The molecular weight excluding hydrogens is 488 g/mol. The van der Waals surface area contributed by atoms with Crippen LogP contribution in [0.2, 0.25) is 0 Å². The highest BCUT2D eigenvalue weighted by molar-refractivity contribution is 7.17. The molecule has 3 N–H and O–H groups in total. The summed E-state index contributed by atoms with van der Waals surface area (Å²) >= 11 is 1.50. The third-order valence-electron chi connectivity index (χ3n) is 6.05. The van der Waals surface area contributed by atoms with Crippen molar-refractivity contribution in [1.82, 2.24) is 14.9 Å². The largest absolute Gasteiger partial charge is 0.437 e. The smallest absolute Gasteiger partial charge is 0.247 e. The first-order valence-corrected chi connectivity index (χ1v) is 12.9. The Labute approximate surface area is 219 Å². The maximum atomic E-state index is 11.6. The summed E-state index contributed by atoms with van der Waals surface area (Å²) in [6, 6.07) is 17.3.